The maximum Gasteiger partial charge on any atom is 0.191 e. The summed E-state index contributed by atoms with van der Waals surface area (Å²) in [6.07, 6.45) is 4.46. The summed E-state index contributed by atoms with van der Waals surface area (Å²) in [7, 11) is 0. The van der Waals surface area contributed by atoms with Crippen LogP contribution in [0.3, 0.4) is 0 Å². The third-order valence-corrected chi connectivity index (χ3v) is 5.70. The highest BCUT2D eigenvalue weighted by molar-refractivity contribution is 7.98. The Morgan fingerprint density at radius 1 is 1.14 bits per heavy atom. The van der Waals surface area contributed by atoms with E-state index in [0.717, 1.165) is 63.8 Å². The predicted octanol–water partition coefficient (Wildman–Crippen LogP) is 3.17. The van der Waals surface area contributed by atoms with E-state index in [2.05, 4.69) is 45.5 Å². The minimum Gasteiger partial charge on any atom is -0.367 e. The van der Waals surface area contributed by atoms with Gasteiger partial charge in [-0.3, -0.25) is 0 Å². The van der Waals surface area contributed by atoms with Gasteiger partial charge in [0, 0.05) is 39.3 Å². The van der Waals surface area contributed by atoms with Crippen LogP contribution in [-0.4, -0.2) is 68.7 Å². The second kappa shape index (κ2) is 12.9. The first kappa shape index (κ1) is 22.8. The SMILES string of the molecule is CCNC(=NCc1ccc(N2CCN(CC)CC2)c(F)c1)NCCCCSC. The monoisotopic (exact) mass is 409 g/mol. The minimum atomic E-state index is -0.146. The molecule has 2 rings (SSSR count). The molecule has 158 valence electrons. The Morgan fingerprint density at radius 2 is 1.93 bits per heavy atom. The van der Waals surface area contributed by atoms with Crippen molar-refractivity contribution in [2.45, 2.75) is 33.2 Å². The van der Waals surface area contributed by atoms with Gasteiger partial charge < -0.3 is 20.4 Å². The van der Waals surface area contributed by atoms with E-state index in [0.29, 0.717) is 12.2 Å². The molecule has 1 saturated heterocycles. The van der Waals surface area contributed by atoms with Gasteiger partial charge in [0.15, 0.2) is 5.96 Å². The van der Waals surface area contributed by atoms with E-state index in [1.807, 2.05) is 23.9 Å². The summed E-state index contributed by atoms with van der Waals surface area (Å²) in [4.78, 5) is 9.15. The van der Waals surface area contributed by atoms with Gasteiger partial charge in [0.1, 0.15) is 5.82 Å². The van der Waals surface area contributed by atoms with E-state index in [1.165, 1.54) is 12.2 Å². The summed E-state index contributed by atoms with van der Waals surface area (Å²) in [5.74, 6) is 1.84. The third kappa shape index (κ3) is 7.51. The van der Waals surface area contributed by atoms with Gasteiger partial charge in [0.2, 0.25) is 0 Å². The van der Waals surface area contributed by atoms with Gasteiger partial charge in [-0.1, -0.05) is 13.0 Å². The van der Waals surface area contributed by atoms with Crippen LogP contribution in [0.15, 0.2) is 23.2 Å². The molecule has 0 unspecified atom stereocenters. The van der Waals surface area contributed by atoms with Gasteiger partial charge in [-0.15, -0.1) is 0 Å². The molecule has 0 atom stereocenters. The summed E-state index contributed by atoms with van der Waals surface area (Å²) in [5.41, 5.74) is 1.61. The zero-order chi connectivity index (χ0) is 20.2. The standard InChI is InChI=1S/C21H36FN5S/c1-4-23-21(24-10-6-7-15-28-3)25-17-18-8-9-20(19(22)16-18)27-13-11-26(5-2)12-14-27/h8-9,16H,4-7,10-15,17H2,1-3H3,(H2,23,24,25). The average molecular weight is 410 g/mol. The van der Waals surface area contributed by atoms with Crippen LogP contribution in [0.2, 0.25) is 0 Å². The largest absolute Gasteiger partial charge is 0.367 e. The smallest absolute Gasteiger partial charge is 0.191 e. The molecule has 0 radical (unpaired) electrons. The number of unbranched alkanes of at least 4 members (excludes halogenated alkanes) is 1. The Kier molecular flexibility index (Phi) is 10.5. The normalized spacial score (nSPS) is 15.7. The summed E-state index contributed by atoms with van der Waals surface area (Å²) in [6, 6.07) is 5.54. The topological polar surface area (TPSA) is 42.9 Å². The molecule has 28 heavy (non-hydrogen) atoms. The van der Waals surface area contributed by atoms with Crippen LogP contribution < -0.4 is 15.5 Å². The maximum atomic E-state index is 14.7. The summed E-state index contributed by atoms with van der Waals surface area (Å²) < 4.78 is 14.7. The lowest BCUT2D eigenvalue weighted by atomic mass is 10.1. The molecule has 1 heterocycles. The van der Waals surface area contributed by atoms with E-state index in [9.17, 15) is 4.39 Å². The molecule has 1 aromatic rings. The molecule has 7 heteroatoms. The lowest BCUT2D eigenvalue weighted by Gasteiger charge is -2.35. The number of aliphatic imine (C=N–C) groups is 1. The van der Waals surface area contributed by atoms with Gasteiger partial charge in [0.25, 0.3) is 0 Å². The molecule has 0 saturated carbocycles. The molecule has 0 aromatic heterocycles. The number of hydrogen-bond donors (Lipinski definition) is 2. The first-order valence-corrected chi connectivity index (χ1v) is 11.8. The number of thioether (sulfide) groups is 1. The highest BCUT2D eigenvalue weighted by Gasteiger charge is 2.18. The van der Waals surface area contributed by atoms with Crippen molar-refractivity contribution in [3.05, 3.63) is 29.6 Å². The molecule has 0 spiro atoms. The van der Waals surface area contributed by atoms with Gasteiger partial charge in [-0.05, 0) is 56.0 Å². The quantitative estimate of drug-likeness (QED) is 0.353. The number of benzene rings is 1. The number of nitrogens with one attached hydrogen (secondary N) is 2. The third-order valence-electron chi connectivity index (χ3n) is 5.00. The van der Waals surface area contributed by atoms with Crippen LogP contribution in [0.25, 0.3) is 0 Å². The molecule has 0 aliphatic carbocycles. The number of halogens is 1. The van der Waals surface area contributed by atoms with Crippen molar-refractivity contribution in [2.24, 2.45) is 4.99 Å². The molecule has 1 aliphatic rings. The van der Waals surface area contributed by atoms with Crippen molar-refractivity contribution in [2.75, 3.05) is 62.7 Å². The van der Waals surface area contributed by atoms with Crippen molar-refractivity contribution in [3.8, 4) is 0 Å². The average Bonchev–Trinajstić information content (AvgIpc) is 2.72. The highest BCUT2D eigenvalue weighted by Crippen LogP contribution is 2.22. The first-order chi connectivity index (χ1) is 13.7. The molecule has 0 amide bonds. The highest BCUT2D eigenvalue weighted by atomic mass is 32.2. The number of hydrogen-bond acceptors (Lipinski definition) is 4. The van der Waals surface area contributed by atoms with Crippen molar-refractivity contribution < 1.29 is 4.39 Å². The minimum absolute atomic E-state index is 0.146. The Morgan fingerprint density at radius 3 is 2.57 bits per heavy atom. The predicted molar refractivity (Wildman–Crippen MR) is 121 cm³/mol. The van der Waals surface area contributed by atoms with Crippen molar-refractivity contribution in [1.82, 2.24) is 15.5 Å². The summed E-state index contributed by atoms with van der Waals surface area (Å²) in [5, 5.41) is 6.62. The zero-order valence-corrected chi connectivity index (χ0v) is 18.5. The Hall–Kier alpha value is -1.47. The molecule has 1 aliphatic heterocycles. The van der Waals surface area contributed by atoms with Crippen LogP contribution in [0.5, 0.6) is 0 Å². The van der Waals surface area contributed by atoms with Crippen LogP contribution in [0.4, 0.5) is 10.1 Å². The number of nitrogens with zero attached hydrogens (tertiary/aromatic N) is 3. The molecular formula is C21H36FN5S. The van der Waals surface area contributed by atoms with E-state index < -0.39 is 0 Å². The summed E-state index contributed by atoms with van der Waals surface area (Å²) >= 11 is 1.88. The molecule has 2 N–H and O–H groups in total. The fraction of sp³-hybridized carbons (Fsp3) is 0.667. The van der Waals surface area contributed by atoms with Gasteiger partial charge in [-0.2, -0.15) is 11.8 Å². The first-order valence-electron chi connectivity index (χ1n) is 10.4. The van der Waals surface area contributed by atoms with Crippen LogP contribution in [0.1, 0.15) is 32.3 Å². The van der Waals surface area contributed by atoms with Crippen molar-refractivity contribution in [1.29, 1.82) is 0 Å². The van der Waals surface area contributed by atoms with Gasteiger partial charge >= 0.3 is 0 Å². The number of piperazine rings is 1. The van der Waals surface area contributed by atoms with Gasteiger partial charge in [0.05, 0.1) is 12.2 Å². The van der Waals surface area contributed by atoms with E-state index >= 15 is 0 Å². The van der Waals surface area contributed by atoms with Crippen molar-refractivity contribution in [3.63, 3.8) is 0 Å². The van der Waals surface area contributed by atoms with Crippen LogP contribution >= 0.6 is 11.8 Å². The van der Waals surface area contributed by atoms with Gasteiger partial charge in [-0.25, -0.2) is 9.38 Å². The lowest BCUT2D eigenvalue weighted by molar-refractivity contribution is 0.270. The molecule has 1 fully saturated rings. The molecule has 0 bridgehead atoms. The number of rotatable bonds is 10. The number of likely N-dealkylation sites (N-methyl/N-ethyl adjacent to an activating group) is 1. The van der Waals surface area contributed by atoms with Crippen molar-refractivity contribution >= 4 is 23.4 Å². The fourth-order valence-corrected chi connectivity index (χ4v) is 3.79. The maximum absolute atomic E-state index is 14.7. The second-order valence-corrected chi connectivity index (χ2v) is 8.01. The Labute approximate surface area is 174 Å². The fourth-order valence-electron chi connectivity index (χ4n) is 3.30. The Balaban J connectivity index is 1.89. The molecule has 5 nitrogen and oxygen atoms in total. The van der Waals surface area contributed by atoms with E-state index in [1.54, 1.807) is 6.07 Å². The lowest BCUT2D eigenvalue weighted by Crippen LogP contribution is -2.46. The van der Waals surface area contributed by atoms with E-state index in [-0.39, 0.29) is 5.82 Å². The number of anilines is 1. The van der Waals surface area contributed by atoms with Crippen LogP contribution in [-0.2, 0) is 6.54 Å². The second-order valence-electron chi connectivity index (χ2n) is 7.03. The molecular weight excluding hydrogens is 373 g/mol. The zero-order valence-electron chi connectivity index (χ0n) is 17.6. The van der Waals surface area contributed by atoms with Crippen LogP contribution in [0, 0.1) is 5.82 Å². The van der Waals surface area contributed by atoms with E-state index in [4.69, 9.17) is 0 Å². The Bertz CT molecular complexity index is 602. The summed E-state index contributed by atoms with van der Waals surface area (Å²) in [6.45, 7) is 11.2. The molecule has 1 aromatic carbocycles. The number of guanidine groups is 1.